The van der Waals surface area contributed by atoms with E-state index in [0.717, 1.165) is 81.7 Å². The van der Waals surface area contributed by atoms with Crippen LogP contribution in [0.2, 0.25) is 0 Å². The zero-order valence-electron chi connectivity index (χ0n) is 36.6. The lowest BCUT2D eigenvalue weighted by Crippen LogP contribution is -2.40. The van der Waals surface area contributed by atoms with Crippen LogP contribution in [0.25, 0.3) is 0 Å². The number of carbonyl (C=O) groups excluding carboxylic acids is 3. The van der Waals surface area contributed by atoms with Gasteiger partial charge in [-0.05, 0) is 77.0 Å². The molecule has 0 rings (SSSR count). The van der Waals surface area contributed by atoms with E-state index in [4.69, 9.17) is 9.47 Å². The molecule has 7 nitrogen and oxygen atoms in total. The first kappa shape index (κ1) is 52.3. The normalized spacial score (nSPS) is 12.3. The molecule has 55 heavy (non-hydrogen) atoms. The Morgan fingerprint density at radius 1 is 0.491 bits per heavy atom. The Bertz CT molecular complexity index is 962. The molecule has 1 N–H and O–H groups in total. The van der Waals surface area contributed by atoms with Crippen molar-refractivity contribution in [3.05, 3.63) is 48.6 Å². The summed E-state index contributed by atoms with van der Waals surface area (Å²) in [7, 11) is 6.28. The third-order valence-electron chi connectivity index (χ3n) is 9.64. The molecule has 0 bridgehead atoms. The minimum Gasteiger partial charge on any atom is -0.466 e. The summed E-state index contributed by atoms with van der Waals surface area (Å²) in [6.07, 6.45) is 47.1. The van der Waals surface area contributed by atoms with Gasteiger partial charge in [0, 0.05) is 18.9 Å². The third kappa shape index (κ3) is 42.3. The summed E-state index contributed by atoms with van der Waals surface area (Å²) in [5.74, 6) is -0.899. The quantitative estimate of drug-likeness (QED) is 0.0291. The number of allylic oxidation sites excluding steroid dienone is 8. The van der Waals surface area contributed by atoms with Crippen LogP contribution in [-0.2, 0) is 23.9 Å². The van der Waals surface area contributed by atoms with Crippen molar-refractivity contribution in [1.29, 1.82) is 0 Å². The summed E-state index contributed by atoms with van der Waals surface area (Å²) in [5.41, 5.74) is 0. The van der Waals surface area contributed by atoms with Crippen LogP contribution >= 0.6 is 0 Å². The molecule has 0 heterocycles. The first-order chi connectivity index (χ1) is 26.7. The Hall–Kier alpha value is -2.67. The van der Waals surface area contributed by atoms with Gasteiger partial charge < -0.3 is 19.3 Å². The van der Waals surface area contributed by atoms with Gasteiger partial charge in [0.1, 0.15) is 0 Å². The highest BCUT2D eigenvalue weighted by atomic mass is 16.5. The summed E-state index contributed by atoms with van der Waals surface area (Å²) < 4.78 is 11.8. The Kier molecular flexibility index (Phi) is 37.6. The molecule has 1 amide bonds. The standard InChI is InChI=1S/C48H86N2O5/c1-6-8-10-12-14-16-18-20-22-24-26-28-30-32-34-36-41-54-47(52)43-45(49-46(51)39-38-40-50(3,4)5)44-48(53)55-42-37-35-33-31-29-27-25-23-21-19-17-15-13-11-9-7-2/h14-17,20-23,45H,6-13,18-19,24-44H2,1-5H3/p+1/b16-14-,17-15-,22-20-,23-21-. The van der Waals surface area contributed by atoms with Crippen molar-refractivity contribution in [3.63, 3.8) is 0 Å². The van der Waals surface area contributed by atoms with E-state index in [1.54, 1.807) is 0 Å². The number of hydrogen-bond acceptors (Lipinski definition) is 5. The van der Waals surface area contributed by atoms with Gasteiger partial charge in [-0.3, -0.25) is 14.4 Å². The molecule has 0 saturated carbocycles. The van der Waals surface area contributed by atoms with E-state index < -0.39 is 6.04 Å². The fourth-order valence-corrected chi connectivity index (χ4v) is 6.26. The highest BCUT2D eigenvalue weighted by Crippen LogP contribution is 2.12. The maximum absolute atomic E-state index is 12.7. The number of esters is 2. The van der Waals surface area contributed by atoms with Crippen molar-refractivity contribution in [2.45, 2.75) is 200 Å². The lowest BCUT2D eigenvalue weighted by Gasteiger charge is -2.24. The van der Waals surface area contributed by atoms with Gasteiger partial charge in [-0.1, -0.05) is 140 Å². The molecule has 0 aromatic rings. The average Bonchev–Trinajstić information content (AvgIpc) is 3.13. The van der Waals surface area contributed by atoms with Gasteiger partial charge in [0.25, 0.3) is 0 Å². The number of carbonyl (C=O) groups is 3. The van der Waals surface area contributed by atoms with Crippen LogP contribution in [0.4, 0.5) is 0 Å². The van der Waals surface area contributed by atoms with Gasteiger partial charge in [0.2, 0.25) is 5.91 Å². The molecule has 0 unspecified atom stereocenters. The number of nitrogens with zero attached hydrogens (tertiary/aromatic N) is 1. The number of amides is 1. The summed E-state index contributed by atoms with van der Waals surface area (Å²) in [5, 5.41) is 2.92. The second kappa shape index (κ2) is 39.6. The van der Waals surface area contributed by atoms with Crippen LogP contribution in [0.3, 0.4) is 0 Å². The molecule has 0 atom stereocenters. The number of nitrogens with one attached hydrogen (secondary N) is 1. The van der Waals surface area contributed by atoms with E-state index in [-0.39, 0.29) is 30.7 Å². The number of quaternary nitrogens is 1. The van der Waals surface area contributed by atoms with Crippen molar-refractivity contribution >= 4 is 17.8 Å². The highest BCUT2D eigenvalue weighted by molar-refractivity contribution is 5.79. The van der Waals surface area contributed by atoms with E-state index in [0.29, 0.717) is 19.6 Å². The fourth-order valence-electron chi connectivity index (χ4n) is 6.26. The maximum atomic E-state index is 12.7. The van der Waals surface area contributed by atoms with Crippen molar-refractivity contribution < 1.29 is 28.3 Å². The van der Waals surface area contributed by atoms with Crippen LogP contribution < -0.4 is 5.32 Å². The molecule has 0 saturated heterocycles. The van der Waals surface area contributed by atoms with E-state index in [9.17, 15) is 14.4 Å². The number of ether oxygens (including phenoxy) is 2. The lowest BCUT2D eigenvalue weighted by molar-refractivity contribution is -0.870. The van der Waals surface area contributed by atoms with Crippen LogP contribution in [-0.4, -0.2) is 69.3 Å². The van der Waals surface area contributed by atoms with Gasteiger partial charge in [0.05, 0.1) is 53.7 Å². The minimum atomic E-state index is -0.622. The van der Waals surface area contributed by atoms with Crippen LogP contribution in [0.15, 0.2) is 48.6 Å². The molecule has 0 aliphatic rings. The maximum Gasteiger partial charge on any atom is 0.307 e. The van der Waals surface area contributed by atoms with Gasteiger partial charge in [0.15, 0.2) is 0 Å². The number of hydrogen-bond donors (Lipinski definition) is 1. The fraction of sp³-hybridized carbons (Fsp3) is 0.771. The summed E-state index contributed by atoms with van der Waals surface area (Å²) >= 11 is 0. The summed E-state index contributed by atoms with van der Waals surface area (Å²) in [4.78, 5) is 38.1. The zero-order chi connectivity index (χ0) is 40.5. The average molecular weight is 772 g/mol. The van der Waals surface area contributed by atoms with Crippen LogP contribution in [0.5, 0.6) is 0 Å². The minimum absolute atomic E-state index is 0.0245. The van der Waals surface area contributed by atoms with E-state index in [1.807, 2.05) is 0 Å². The van der Waals surface area contributed by atoms with Crippen molar-refractivity contribution in [2.24, 2.45) is 0 Å². The molecular formula is C48H87N2O5+. The Morgan fingerprint density at radius 3 is 1.24 bits per heavy atom. The smallest absolute Gasteiger partial charge is 0.307 e. The molecule has 0 aromatic carbocycles. The SMILES string of the molecule is CCCCC/C=C\C/C=C\CCCCCCCCOC(=O)CC(CC(=O)OCCCCCCCC/C=C\C/C=C\CCCCC)NC(=O)CCC[N+](C)(C)C. The predicted molar refractivity (Wildman–Crippen MR) is 234 cm³/mol. The van der Waals surface area contributed by atoms with Crippen LogP contribution in [0.1, 0.15) is 194 Å². The second-order valence-electron chi connectivity index (χ2n) is 16.4. The van der Waals surface area contributed by atoms with Gasteiger partial charge in [-0.15, -0.1) is 0 Å². The molecular weight excluding hydrogens is 685 g/mol. The van der Waals surface area contributed by atoms with Gasteiger partial charge >= 0.3 is 11.9 Å². The molecule has 0 fully saturated rings. The van der Waals surface area contributed by atoms with Crippen molar-refractivity contribution in [1.82, 2.24) is 5.32 Å². The van der Waals surface area contributed by atoms with Crippen molar-refractivity contribution in [2.75, 3.05) is 40.9 Å². The highest BCUT2D eigenvalue weighted by Gasteiger charge is 2.22. The Labute approximate surface area is 339 Å². The third-order valence-corrected chi connectivity index (χ3v) is 9.64. The molecule has 0 aromatic heterocycles. The predicted octanol–water partition coefficient (Wildman–Crippen LogP) is 12.5. The summed E-state index contributed by atoms with van der Waals surface area (Å²) in [6, 6.07) is -0.622. The monoisotopic (exact) mass is 772 g/mol. The first-order valence-corrected chi connectivity index (χ1v) is 22.7. The number of unbranched alkanes of at least 4 members (excludes halogenated alkanes) is 18. The second-order valence-corrected chi connectivity index (χ2v) is 16.4. The Morgan fingerprint density at radius 2 is 0.855 bits per heavy atom. The van der Waals surface area contributed by atoms with Crippen LogP contribution in [0, 0.1) is 0 Å². The molecule has 0 radical (unpaired) electrons. The first-order valence-electron chi connectivity index (χ1n) is 22.7. The van der Waals surface area contributed by atoms with Gasteiger partial charge in [-0.2, -0.15) is 0 Å². The molecule has 7 heteroatoms. The van der Waals surface area contributed by atoms with Crippen molar-refractivity contribution in [3.8, 4) is 0 Å². The summed E-state index contributed by atoms with van der Waals surface area (Å²) in [6.45, 7) is 6.09. The van der Waals surface area contributed by atoms with Gasteiger partial charge in [-0.25, -0.2) is 0 Å². The van der Waals surface area contributed by atoms with E-state index in [2.05, 4.69) is 88.9 Å². The lowest BCUT2D eigenvalue weighted by atomic mass is 10.1. The molecule has 0 aliphatic carbocycles. The van der Waals surface area contributed by atoms with E-state index >= 15 is 0 Å². The molecule has 0 aliphatic heterocycles. The molecule has 318 valence electrons. The largest absolute Gasteiger partial charge is 0.466 e. The Balaban J connectivity index is 4.24. The topological polar surface area (TPSA) is 81.7 Å². The zero-order valence-corrected chi connectivity index (χ0v) is 36.6. The number of rotatable bonds is 39. The van der Waals surface area contributed by atoms with E-state index in [1.165, 1.54) is 89.9 Å². The molecule has 0 spiro atoms.